The molecule has 0 aliphatic carbocycles. The fourth-order valence-corrected chi connectivity index (χ4v) is 9.66. The maximum absolute atomic E-state index is 2.57. The fraction of sp³-hybridized carbons (Fsp3) is 1.00. The van der Waals surface area contributed by atoms with Crippen LogP contribution in [0, 0.1) is 17.8 Å². The van der Waals surface area contributed by atoms with E-state index in [2.05, 4.69) is 62.3 Å². The molecule has 0 rings (SSSR count). The molecule has 0 aromatic carbocycles. The van der Waals surface area contributed by atoms with Gasteiger partial charge in [0.2, 0.25) is 0 Å². The Kier molecular flexibility index (Phi) is 9.73. The molecule has 6 unspecified atom stereocenters. The Morgan fingerprint density at radius 2 is 0.737 bits per heavy atom. The minimum Gasteiger partial charge on any atom is -0.0819 e. The number of hydrogen-bond donors (Lipinski definition) is 0. The van der Waals surface area contributed by atoms with Gasteiger partial charge in [0.25, 0.3) is 14.1 Å². The lowest BCUT2D eigenvalue weighted by Crippen LogP contribution is -2.36. The summed E-state index contributed by atoms with van der Waals surface area (Å²) >= 11 is -0.743. The lowest BCUT2D eigenvalue weighted by atomic mass is 10.0. The topological polar surface area (TPSA) is 0 Å². The molecule has 19 heavy (non-hydrogen) atoms. The summed E-state index contributed by atoms with van der Waals surface area (Å²) in [6, 6.07) is 0. The van der Waals surface area contributed by atoms with Gasteiger partial charge < -0.3 is 0 Å². The Balaban J connectivity index is 5.12. The minimum atomic E-state index is -0.743. The molecule has 0 amide bonds. The zero-order valence-electron chi connectivity index (χ0n) is 15.2. The Bertz CT molecular complexity index is 188. The maximum atomic E-state index is 2.57. The lowest BCUT2D eigenvalue weighted by Gasteiger charge is -2.38. The molecule has 0 radical (unpaired) electrons. The maximum Gasteiger partial charge on any atom is 0.272 e. The van der Waals surface area contributed by atoms with Crippen molar-refractivity contribution in [1.82, 2.24) is 0 Å². The van der Waals surface area contributed by atoms with Gasteiger partial charge in [-0.15, -0.1) is 0 Å². The van der Waals surface area contributed by atoms with Gasteiger partial charge in [0.1, 0.15) is 0 Å². The van der Waals surface area contributed by atoms with Crippen molar-refractivity contribution in [3.63, 3.8) is 0 Å². The number of hydrogen-bond acceptors (Lipinski definition) is 0. The third-order valence-electron chi connectivity index (χ3n) is 6.45. The van der Waals surface area contributed by atoms with E-state index in [-0.39, 0.29) is 0 Å². The normalized spacial score (nSPS) is 21.3. The van der Waals surface area contributed by atoms with E-state index >= 15 is 0 Å². The van der Waals surface area contributed by atoms with Gasteiger partial charge in [-0.1, -0.05) is 114 Å². The van der Waals surface area contributed by atoms with Crippen LogP contribution in [0.3, 0.4) is 0 Å². The van der Waals surface area contributed by atoms with Crippen molar-refractivity contribution in [2.75, 3.05) is 0 Å². The van der Waals surface area contributed by atoms with E-state index in [4.69, 9.17) is 0 Å². The van der Waals surface area contributed by atoms with Gasteiger partial charge in [0.15, 0.2) is 0 Å². The predicted molar refractivity (Wildman–Crippen MR) is 92.4 cm³/mol. The first-order chi connectivity index (χ1) is 8.81. The molecule has 0 N–H and O–H groups in total. The molecule has 6 atom stereocenters. The Morgan fingerprint density at radius 1 is 0.526 bits per heavy atom. The molecule has 0 heterocycles. The summed E-state index contributed by atoms with van der Waals surface area (Å²) in [4.78, 5) is 0. The second-order valence-electron chi connectivity index (χ2n) is 7.31. The van der Waals surface area contributed by atoms with Crippen LogP contribution < -0.4 is 0 Å². The first-order valence-corrected chi connectivity index (χ1v) is 10.8. The average molecular weight is 282 g/mol. The van der Waals surface area contributed by atoms with Gasteiger partial charge in [-0.25, -0.2) is 0 Å². The standard InChI is InChI=1S/3C6H13.Al/c3*1-4-6(3)5-2;/h3*4,6H,5H2,1-3H3;. The fourth-order valence-electron chi connectivity index (χ4n) is 3.69. The quantitative estimate of drug-likeness (QED) is 0.408. The molecular weight excluding hydrogens is 243 g/mol. The molecule has 0 spiro atoms. The van der Waals surface area contributed by atoms with Crippen molar-refractivity contribution >= 4 is 14.1 Å². The first kappa shape index (κ1) is 19.5. The minimum absolute atomic E-state index is 0.743. The van der Waals surface area contributed by atoms with Crippen LogP contribution in [0.1, 0.15) is 81.6 Å². The summed E-state index contributed by atoms with van der Waals surface area (Å²) in [7, 11) is 0. The van der Waals surface area contributed by atoms with E-state index in [0.29, 0.717) is 0 Å². The Labute approximate surface area is 128 Å². The van der Waals surface area contributed by atoms with Crippen LogP contribution in [-0.2, 0) is 0 Å². The first-order valence-electron chi connectivity index (χ1n) is 8.81. The zero-order valence-corrected chi connectivity index (χ0v) is 16.3. The molecule has 0 bridgehead atoms. The van der Waals surface area contributed by atoms with Crippen LogP contribution >= 0.6 is 0 Å². The summed E-state index contributed by atoms with van der Waals surface area (Å²) < 4.78 is 2.95. The van der Waals surface area contributed by atoms with Gasteiger partial charge in [-0.05, 0) is 0 Å². The van der Waals surface area contributed by atoms with Crippen molar-refractivity contribution in [2.45, 2.75) is 95.9 Å². The van der Waals surface area contributed by atoms with Crippen molar-refractivity contribution in [3.8, 4) is 0 Å². The second kappa shape index (κ2) is 9.47. The monoisotopic (exact) mass is 282 g/mol. The zero-order chi connectivity index (χ0) is 15.2. The van der Waals surface area contributed by atoms with Crippen molar-refractivity contribution in [1.29, 1.82) is 0 Å². The lowest BCUT2D eigenvalue weighted by molar-refractivity contribution is 0.458. The van der Waals surface area contributed by atoms with Crippen LogP contribution in [0.15, 0.2) is 0 Å². The van der Waals surface area contributed by atoms with Gasteiger partial charge in [-0.2, -0.15) is 0 Å². The summed E-state index contributed by atoms with van der Waals surface area (Å²) in [6.07, 6.45) is 4.06. The van der Waals surface area contributed by atoms with E-state index < -0.39 is 14.1 Å². The third-order valence-corrected chi connectivity index (χ3v) is 12.1. The third kappa shape index (κ3) is 5.43. The van der Waals surface area contributed by atoms with Gasteiger partial charge in [-0.3, -0.25) is 0 Å². The second-order valence-corrected chi connectivity index (χ2v) is 11.6. The molecule has 0 aromatic rings. The summed E-state index contributed by atoms with van der Waals surface area (Å²) in [5, 5.41) is 0. The summed E-state index contributed by atoms with van der Waals surface area (Å²) in [5.74, 6) is 2.74. The average Bonchev–Trinajstić information content (AvgIpc) is 2.43. The van der Waals surface area contributed by atoms with Crippen LogP contribution in [0.25, 0.3) is 0 Å². The highest BCUT2D eigenvalue weighted by molar-refractivity contribution is 6.63. The largest absolute Gasteiger partial charge is 0.272 e. The molecule has 114 valence electrons. The van der Waals surface area contributed by atoms with Crippen molar-refractivity contribution < 1.29 is 0 Å². The van der Waals surface area contributed by atoms with Gasteiger partial charge in [0.05, 0.1) is 0 Å². The van der Waals surface area contributed by atoms with Gasteiger partial charge in [0, 0.05) is 0 Å². The molecular formula is C18H39Al. The molecule has 1 heteroatoms. The number of rotatable bonds is 9. The van der Waals surface area contributed by atoms with E-state index in [0.717, 1.165) is 32.1 Å². The molecule has 0 fully saturated rings. The highest BCUT2D eigenvalue weighted by Gasteiger charge is 2.40. The molecule has 0 saturated heterocycles. The molecule has 0 aliphatic rings. The van der Waals surface area contributed by atoms with Crippen LogP contribution in [-0.4, -0.2) is 14.1 Å². The van der Waals surface area contributed by atoms with E-state index in [1.165, 1.54) is 19.3 Å². The summed E-state index contributed by atoms with van der Waals surface area (Å²) in [6.45, 7) is 22.3. The van der Waals surface area contributed by atoms with Crippen LogP contribution in [0.5, 0.6) is 0 Å². The molecule has 0 nitrogen and oxygen atoms in total. The highest BCUT2D eigenvalue weighted by atomic mass is 27.2. The van der Waals surface area contributed by atoms with Crippen LogP contribution in [0.4, 0.5) is 0 Å². The summed E-state index contributed by atoms with van der Waals surface area (Å²) in [5.41, 5.74) is 0. The highest BCUT2D eigenvalue weighted by Crippen LogP contribution is 2.43. The van der Waals surface area contributed by atoms with E-state index in [1.54, 1.807) is 0 Å². The van der Waals surface area contributed by atoms with Crippen LogP contribution in [0.2, 0.25) is 14.3 Å². The Hall–Kier alpha value is 0.532. The van der Waals surface area contributed by atoms with Crippen molar-refractivity contribution in [2.24, 2.45) is 17.8 Å². The molecule has 0 saturated carbocycles. The SMILES string of the molecule is CCC(C)[CH](C)[Al]([CH](C)C(C)CC)[CH](C)C(C)CC. The molecule has 0 aliphatic heterocycles. The van der Waals surface area contributed by atoms with Gasteiger partial charge >= 0.3 is 0 Å². The predicted octanol–water partition coefficient (Wildman–Crippen LogP) is 6.79. The van der Waals surface area contributed by atoms with Crippen molar-refractivity contribution in [3.05, 3.63) is 0 Å². The van der Waals surface area contributed by atoms with E-state index in [9.17, 15) is 0 Å². The van der Waals surface area contributed by atoms with E-state index in [1.807, 2.05) is 0 Å². The Morgan fingerprint density at radius 3 is 0.895 bits per heavy atom. The smallest absolute Gasteiger partial charge is 0.0819 e. The molecule has 0 aromatic heterocycles.